The maximum Gasteiger partial charge on any atom is 0.267 e. The van der Waals surface area contributed by atoms with Gasteiger partial charge >= 0.3 is 0 Å². The first-order valence-electron chi connectivity index (χ1n) is 6.29. The lowest BCUT2D eigenvalue weighted by Gasteiger charge is -2.31. The highest BCUT2D eigenvalue weighted by Crippen LogP contribution is 2.19. The number of sulfonamides is 1. The lowest BCUT2D eigenvalue weighted by Crippen LogP contribution is -2.46. The van der Waals surface area contributed by atoms with Crippen LogP contribution in [0, 0.1) is 5.92 Å². The van der Waals surface area contributed by atoms with E-state index in [0.717, 1.165) is 6.92 Å². The van der Waals surface area contributed by atoms with Gasteiger partial charge in [-0.1, -0.05) is 0 Å². The standard InChI is InChI=1S/C11H22F2N2O3S/c1-11(16,10(12)13)8-14-7-9-3-5-15(6-4-9)19(2,17)18/h9-10,14,16H,3-8H2,1-2H3. The second-order valence-electron chi connectivity index (χ2n) is 5.39. The van der Waals surface area contributed by atoms with Crippen LogP contribution < -0.4 is 5.32 Å². The number of piperidine rings is 1. The van der Waals surface area contributed by atoms with Gasteiger partial charge in [-0.05, 0) is 32.2 Å². The Morgan fingerprint density at radius 2 is 1.95 bits per heavy atom. The van der Waals surface area contributed by atoms with E-state index in [1.165, 1.54) is 10.6 Å². The third-order valence-corrected chi connectivity index (χ3v) is 4.73. The average molecular weight is 300 g/mol. The summed E-state index contributed by atoms with van der Waals surface area (Å²) in [5, 5.41) is 12.2. The van der Waals surface area contributed by atoms with Crippen molar-refractivity contribution in [3.63, 3.8) is 0 Å². The van der Waals surface area contributed by atoms with Crippen LogP contribution in [0.4, 0.5) is 8.78 Å². The molecule has 1 rings (SSSR count). The Bertz CT molecular complexity index is 379. The quantitative estimate of drug-likeness (QED) is 0.738. The highest BCUT2D eigenvalue weighted by molar-refractivity contribution is 7.88. The van der Waals surface area contributed by atoms with Gasteiger partial charge in [0.15, 0.2) is 0 Å². The lowest BCUT2D eigenvalue weighted by atomic mass is 9.98. The van der Waals surface area contributed by atoms with Crippen LogP contribution in [-0.4, -0.2) is 62.3 Å². The molecule has 5 nitrogen and oxygen atoms in total. The molecule has 114 valence electrons. The number of hydrogen-bond donors (Lipinski definition) is 2. The highest BCUT2D eigenvalue weighted by Gasteiger charge is 2.32. The first-order chi connectivity index (χ1) is 8.63. The molecule has 0 aromatic rings. The molecule has 1 saturated heterocycles. The molecule has 0 radical (unpaired) electrons. The van der Waals surface area contributed by atoms with Crippen molar-refractivity contribution in [2.45, 2.75) is 31.8 Å². The van der Waals surface area contributed by atoms with Gasteiger partial charge in [-0.15, -0.1) is 0 Å². The molecule has 1 heterocycles. The summed E-state index contributed by atoms with van der Waals surface area (Å²) in [7, 11) is -3.13. The maximum absolute atomic E-state index is 12.4. The molecule has 1 unspecified atom stereocenters. The lowest BCUT2D eigenvalue weighted by molar-refractivity contribution is -0.0811. The van der Waals surface area contributed by atoms with E-state index in [4.69, 9.17) is 0 Å². The minimum absolute atomic E-state index is 0.170. The van der Waals surface area contributed by atoms with Crippen LogP contribution in [0.25, 0.3) is 0 Å². The van der Waals surface area contributed by atoms with Crippen molar-refractivity contribution in [2.75, 3.05) is 32.4 Å². The van der Waals surface area contributed by atoms with E-state index in [2.05, 4.69) is 5.32 Å². The predicted octanol–water partition coefficient (Wildman–Crippen LogP) is 0.264. The fraction of sp³-hybridized carbons (Fsp3) is 1.00. The minimum Gasteiger partial charge on any atom is -0.383 e. The molecule has 0 aromatic heterocycles. The van der Waals surface area contributed by atoms with E-state index < -0.39 is 22.0 Å². The molecule has 0 bridgehead atoms. The summed E-state index contributed by atoms with van der Waals surface area (Å²) in [6.07, 6.45) is -0.189. The van der Waals surface area contributed by atoms with Gasteiger partial charge in [-0.3, -0.25) is 0 Å². The van der Waals surface area contributed by atoms with Gasteiger partial charge in [0.1, 0.15) is 5.60 Å². The Morgan fingerprint density at radius 3 is 2.37 bits per heavy atom. The van der Waals surface area contributed by atoms with Gasteiger partial charge < -0.3 is 10.4 Å². The smallest absolute Gasteiger partial charge is 0.267 e. The summed E-state index contributed by atoms with van der Waals surface area (Å²) in [6.45, 7) is 2.38. The average Bonchev–Trinajstić information content (AvgIpc) is 2.28. The van der Waals surface area contributed by atoms with Crippen LogP contribution in [0.15, 0.2) is 0 Å². The van der Waals surface area contributed by atoms with E-state index in [9.17, 15) is 22.3 Å². The third kappa shape index (κ3) is 5.29. The summed E-state index contributed by atoms with van der Waals surface area (Å²) in [4.78, 5) is 0. The first kappa shape index (κ1) is 16.7. The van der Waals surface area contributed by atoms with Crippen LogP contribution in [0.1, 0.15) is 19.8 Å². The molecule has 1 aliphatic heterocycles. The van der Waals surface area contributed by atoms with E-state index in [1.807, 2.05) is 0 Å². The molecule has 2 N–H and O–H groups in total. The predicted molar refractivity (Wildman–Crippen MR) is 68.6 cm³/mol. The van der Waals surface area contributed by atoms with Crippen LogP contribution in [0.2, 0.25) is 0 Å². The highest BCUT2D eigenvalue weighted by atomic mass is 32.2. The fourth-order valence-corrected chi connectivity index (χ4v) is 2.93. The largest absolute Gasteiger partial charge is 0.383 e. The normalized spacial score (nSPS) is 22.6. The zero-order valence-electron chi connectivity index (χ0n) is 11.3. The number of hydrogen-bond acceptors (Lipinski definition) is 4. The van der Waals surface area contributed by atoms with Crippen molar-refractivity contribution in [3.8, 4) is 0 Å². The van der Waals surface area contributed by atoms with Crippen molar-refractivity contribution in [2.24, 2.45) is 5.92 Å². The zero-order valence-corrected chi connectivity index (χ0v) is 12.1. The molecule has 0 aliphatic carbocycles. The topological polar surface area (TPSA) is 69.6 Å². The van der Waals surface area contributed by atoms with Crippen LogP contribution in [0.3, 0.4) is 0 Å². The van der Waals surface area contributed by atoms with Gasteiger partial charge in [0.25, 0.3) is 6.43 Å². The van der Waals surface area contributed by atoms with Crippen molar-refractivity contribution in [1.82, 2.24) is 9.62 Å². The van der Waals surface area contributed by atoms with E-state index in [1.54, 1.807) is 0 Å². The van der Waals surface area contributed by atoms with Crippen molar-refractivity contribution in [1.29, 1.82) is 0 Å². The number of alkyl halides is 2. The third-order valence-electron chi connectivity index (χ3n) is 3.43. The van der Waals surface area contributed by atoms with Crippen LogP contribution in [-0.2, 0) is 10.0 Å². The number of rotatable bonds is 6. The number of nitrogens with zero attached hydrogens (tertiary/aromatic N) is 1. The van der Waals surface area contributed by atoms with Crippen molar-refractivity contribution >= 4 is 10.0 Å². The van der Waals surface area contributed by atoms with Crippen LogP contribution in [0.5, 0.6) is 0 Å². The Kier molecular flexibility index (Phi) is 5.66. The van der Waals surface area contributed by atoms with Gasteiger partial charge in [-0.25, -0.2) is 21.5 Å². The maximum atomic E-state index is 12.4. The molecule has 0 spiro atoms. The van der Waals surface area contributed by atoms with Crippen LogP contribution >= 0.6 is 0 Å². The molecule has 0 amide bonds. The molecule has 19 heavy (non-hydrogen) atoms. The van der Waals surface area contributed by atoms with Gasteiger partial charge in [0, 0.05) is 19.6 Å². The summed E-state index contributed by atoms with van der Waals surface area (Å²) >= 11 is 0. The second kappa shape index (κ2) is 6.43. The molecule has 1 fully saturated rings. The Labute approximate surface area is 113 Å². The summed E-state index contributed by atoms with van der Waals surface area (Å²) < 4.78 is 48.8. The minimum atomic E-state index is -3.13. The molecule has 0 aromatic carbocycles. The Balaban J connectivity index is 2.27. The first-order valence-corrected chi connectivity index (χ1v) is 8.14. The number of nitrogens with one attached hydrogen (secondary N) is 1. The van der Waals surface area contributed by atoms with Gasteiger partial charge in [0.05, 0.1) is 6.26 Å². The Hall–Kier alpha value is -0.310. The molecule has 8 heteroatoms. The summed E-state index contributed by atoms with van der Waals surface area (Å²) in [5.74, 6) is 0.256. The van der Waals surface area contributed by atoms with Crippen molar-refractivity contribution < 1.29 is 22.3 Å². The molecule has 1 aliphatic rings. The second-order valence-corrected chi connectivity index (χ2v) is 7.38. The summed E-state index contributed by atoms with van der Waals surface area (Å²) in [6, 6.07) is 0. The zero-order chi connectivity index (χ0) is 14.7. The van der Waals surface area contributed by atoms with Crippen molar-refractivity contribution in [3.05, 3.63) is 0 Å². The number of aliphatic hydroxyl groups is 1. The van der Waals surface area contributed by atoms with Gasteiger partial charge in [-0.2, -0.15) is 0 Å². The number of halogens is 2. The van der Waals surface area contributed by atoms with E-state index in [-0.39, 0.29) is 12.5 Å². The SMILES string of the molecule is CC(O)(CNCC1CCN(S(C)(=O)=O)CC1)C(F)F. The van der Waals surface area contributed by atoms with Gasteiger partial charge in [0.2, 0.25) is 10.0 Å². The van der Waals surface area contributed by atoms with E-state index in [0.29, 0.717) is 32.5 Å². The van der Waals surface area contributed by atoms with E-state index >= 15 is 0 Å². The fourth-order valence-electron chi connectivity index (χ4n) is 2.05. The summed E-state index contributed by atoms with van der Waals surface area (Å²) in [5.41, 5.74) is -2.02. The molecule has 1 atom stereocenters. The monoisotopic (exact) mass is 300 g/mol. The molecule has 0 saturated carbocycles. The Morgan fingerprint density at radius 1 is 1.42 bits per heavy atom. The molecular weight excluding hydrogens is 278 g/mol. The molecular formula is C11H22F2N2O3S.